The number of benzene rings is 2. The van der Waals surface area contributed by atoms with Crippen LogP contribution in [0.4, 0.5) is 0 Å². The van der Waals surface area contributed by atoms with Gasteiger partial charge in [0.2, 0.25) is 0 Å². The molecule has 0 radical (unpaired) electrons. The average Bonchev–Trinajstić information content (AvgIpc) is 2.60. The number of ether oxygens (including phenoxy) is 3. The predicted octanol–water partition coefficient (Wildman–Crippen LogP) is 5.43. The van der Waals surface area contributed by atoms with E-state index in [-0.39, 0.29) is 0 Å². The largest absolute Gasteiger partial charge is 0.493 e. The molecule has 0 aromatic heterocycles. The van der Waals surface area contributed by atoms with Crippen molar-refractivity contribution in [3.63, 3.8) is 0 Å². The van der Waals surface area contributed by atoms with Crippen LogP contribution in [-0.2, 0) is 0 Å². The lowest BCUT2D eigenvalue weighted by molar-refractivity contribution is 0.290. The third kappa shape index (κ3) is 4.68. The van der Waals surface area contributed by atoms with Crippen LogP contribution in [0, 0.1) is 0 Å². The van der Waals surface area contributed by atoms with Gasteiger partial charge < -0.3 is 14.2 Å². The van der Waals surface area contributed by atoms with Crippen molar-refractivity contribution in [3.8, 4) is 17.2 Å². The van der Waals surface area contributed by atoms with Gasteiger partial charge in [0.1, 0.15) is 5.75 Å². The number of rotatable bonds is 10. The monoisotopic (exact) mass is 336 g/mol. The molecule has 4 heteroatoms. The number of methoxy groups -OCH3 is 1. The SMILES string of the molecule is CCCOc1c(OC)cc(OCCCCCCl)c2ccccc12. The van der Waals surface area contributed by atoms with Gasteiger partial charge >= 0.3 is 0 Å². The van der Waals surface area contributed by atoms with Crippen LogP contribution in [0.15, 0.2) is 30.3 Å². The average molecular weight is 337 g/mol. The quantitative estimate of drug-likeness (QED) is 0.428. The smallest absolute Gasteiger partial charge is 0.169 e. The lowest BCUT2D eigenvalue weighted by Crippen LogP contribution is -2.02. The number of halogens is 1. The van der Waals surface area contributed by atoms with Crippen LogP contribution < -0.4 is 14.2 Å². The fourth-order valence-electron chi connectivity index (χ4n) is 2.47. The van der Waals surface area contributed by atoms with Gasteiger partial charge in [0.25, 0.3) is 0 Å². The molecule has 0 fully saturated rings. The van der Waals surface area contributed by atoms with Crippen molar-refractivity contribution in [2.24, 2.45) is 0 Å². The van der Waals surface area contributed by atoms with Crippen molar-refractivity contribution in [1.82, 2.24) is 0 Å². The highest BCUT2D eigenvalue weighted by atomic mass is 35.5. The van der Waals surface area contributed by atoms with E-state index >= 15 is 0 Å². The van der Waals surface area contributed by atoms with Gasteiger partial charge in [-0.3, -0.25) is 0 Å². The summed E-state index contributed by atoms with van der Waals surface area (Å²) in [6.07, 6.45) is 4.06. The van der Waals surface area contributed by atoms with Gasteiger partial charge in [0, 0.05) is 22.7 Å². The highest BCUT2D eigenvalue weighted by molar-refractivity contribution is 6.17. The first kappa shape index (κ1) is 17.7. The molecule has 0 spiro atoms. The normalized spacial score (nSPS) is 10.7. The molecule has 0 aliphatic heterocycles. The fraction of sp³-hybridized carbons (Fsp3) is 0.474. The van der Waals surface area contributed by atoms with Crippen LogP contribution in [-0.4, -0.2) is 26.2 Å². The Morgan fingerprint density at radius 1 is 0.913 bits per heavy atom. The van der Waals surface area contributed by atoms with E-state index in [1.807, 2.05) is 24.3 Å². The van der Waals surface area contributed by atoms with Crippen LogP contribution in [0.25, 0.3) is 10.8 Å². The first-order valence-electron chi connectivity index (χ1n) is 8.23. The molecule has 0 bridgehead atoms. The van der Waals surface area contributed by atoms with Crippen molar-refractivity contribution < 1.29 is 14.2 Å². The molecule has 23 heavy (non-hydrogen) atoms. The summed E-state index contributed by atoms with van der Waals surface area (Å²) in [7, 11) is 1.66. The van der Waals surface area contributed by atoms with E-state index in [4.69, 9.17) is 25.8 Å². The minimum Gasteiger partial charge on any atom is -0.493 e. The van der Waals surface area contributed by atoms with Gasteiger partial charge in [0.15, 0.2) is 11.5 Å². The second kappa shape index (κ2) is 9.51. The van der Waals surface area contributed by atoms with E-state index in [1.165, 1.54) is 0 Å². The first-order chi connectivity index (χ1) is 11.3. The summed E-state index contributed by atoms with van der Waals surface area (Å²) in [6, 6.07) is 10.0. The number of alkyl halides is 1. The predicted molar refractivity (Wildman–Crippen MR) is 96.4 cm³/mol. The molecule has 2 rings (SSSR count). The Kier molecular flexibility index (Phi) is 7.34. The standard InChI is InChI=1S/C19H25ClO3/c1-3-12-23-19-16-10-6-5-9-15(16)17(14-18(19)21-2)22-13-8-4-7-11-20/h5-6,9-10,14H,3-4,7-8,11-13H2,1-2H3. The number of hydrogen-bond acceptors (Lipinski definition) is 3. The molecule has 0 unspecified atom stereocenters. The molecule has 126 valence electrons. The van der Waals surface area contributed by atoms with Crippen molar-refractivity contribution in [3.05, 3.63) is 30.3 Å². The zero-order valence-corrected chi connectivity index (χ0v) is 14.7. The molecule has 0 saturated carbocycles. The van der Waals surface area contributed by atoms with Crippen LogP contribution in [0.3, 0.4) is 0 Å². The minimum absolute atomic E-state index is 0.666. The molecule has 0 saturated heterocycles. The molecule has 2 aromatic rings. The van der Waals surface area contributed by atoms with Gasteiger partial charge in [-0.2, -0.15) is 0 Å². The molecule has 0 atom stereocenters. The van der Waals surface area contributed by atoms with Gasteiger partial charge in [-0.15, -0.1) is 11.6 Å². The van der Waals surface area contributed by atoms with Crippen molar-refractivity contribution in [1.29, 1.82) is 0 Å². The Morgan fingerprint density at radius 3 is 2.39 bits per heavy atom. The summed E-state index contributed by atoms with van der Waals surface area (Å²) < 4.78 is 17.4. The number of hydrogen-bond donors (Lipinski definition) is 0. The number of fused-ring (bicyclic) bond motifs is 1. The second-order valence-corrected chi connectivity index (χ2v) is 5.78. The first-order valence-corrected chi connectivity index (χ1v) is 8.76. The summed E-state index contributed by atoms with van der Waals surface area (Å²) in [6.45, 7) is 3.44. The summed E-state index contributed by atoms with van der Waals surface area (Å²) in [5.41, 5.74) is 0. The Hall–Kier alpha value is -1.61. The van der Waals surface area contributed by atoms with Crippen LogP contribution in [0.5, 0.6) is 17.2 Å². The van der Waals surface area contributed by atoms with E-state index in [1.54, 1.807) is 7.11 Å². The van der Waals surface area contributed by atoms with Crippen LogP contribution >= 0.6 is 11.6 Å². The van der Waals surface area contributed by atoms with Gasteiger partial charge in [-0.05, 0) is 25.7 Å². The molecular formula is C19H25ClO3. The second-order valence-electron chi connectivity index (χ2n) is 5.40. The zero-order valence-electron chi connectivity index (χ0n) is 13.9. The highest BCUT2D eigenvalue weighted by Gasteiger charge is 2.14. The lowest BCUT2D eigenvalue weighted by Gasteiger charge is -2.16. The third-order valence-electron chi connectivity index (χ3n) is 3.63. The summed E-state index contributed by atoms with van der Waals surface area (Å²) in [4.78, 5) is 0. The fourth-order valence-corrected chi connectivity index (χ4v) is 2.66. The zero-order chi connectivity index (χ0) is 16.5. The third-order valence-corrected chi connectivity index (χ3v) is 3.90. The maximum atomic E-state index is 5.99. The highest BCUT2D eigenvalue weighted by Crippen LogP contribution is 2.41. The Morgan fingerprint density at radius 2 is 1.70 bits per heavy atom. The maximum absolute atomic E-state index is 5.99. The van der Waals surface area contributed by atoms with Gasteiger partial charge in [-0.1, -0.05) is 31.2 Å². The van der Waals surface area contributed by atoms with E-state index < -0.39 is 0 Å². The number of unbranched alkanes of at least 4 members (excludes halogenated alkanes) is 2. The van der Waals surface area contributed by atoms with Crippen LogP contribution in [0.1, 0.15) is 32.6 Å². The summed E-state index contributed by atoms with van der Waals surface area (Å²) in [5, 5.41) is 2.08. The molecule has 0 amide bonds. The van der Waals surface area contributed by atoms with E-state index in [0.717, 1.165) is 48.0 Å². The van der Waals surface area contributed by atoms with E-state index in [2.05, 4.69) is 13.0 Å². The molecule has 0 N–H and O–H groups in total. The molecule has 3 nitrogen and oxygen atoms in total. The lowest BCUT2D eigenvalue weighted by atomic mass is 10.1. The van der Waals surface area contributed by atoms with E-state index in [0.29, 0.717) is 24.8 Å². The summed E-state index contributed by atoms with van der Waals surface area (Å²) in [5.74, 6) is 3.06. The topological polar surface area (TPSA) is 27.7 Å². The molecule has 0 aliphatic carbocycles. The van der Waals surface area contributed by atoms with Crippen LogP contribution in [0.2, 0.25) is 0 Å². The Balaban J connectivity index is 2.26. The molecule has 0 heterocycles. The van der Waals surface area contributed by atoms with Crippen molar-refractivity contribution in [2.45, 2.75) is 32.6 Å². The Labute approximate surface area is 143 Å². The minimum atomic E-state index is 0.666. The van der Waals surface area contributed by atoms with E-state index in [9.17, 15) is 0 Å². The molecule has 0 aliphatic rings. The van der Waals surface area contributed by atoms with Crippen molar-refractivity contribution >= 4 is 22.4 Å². The van der Waals surface area contributed by atoms with Gasteiger partial charge in [0.05, 0.1) is 20.3 Å². The summed E-state index contributed by atoms with van der Waals surface area (Å²) >= 11 is 5.70. The Bertz CT molecular complexity index is 613. The molecular weight excluding hydrogens is 312 g/mol. The van der Waals surface area contributed by atoms with Crippen molar-refractivity contribution in [2.75, 3.05) is 26.2 Å². The van der Waals surface area contributed by atoms with Gasteiger partial charge in [-0.25, -0.2) is 0 Å². The maximum Gasteiger partial charge on any atom is 0.169 e. The molecule has 2 aromatic carbocycles.